The van der Waals surface area contributed by atoms with Gasteiger partial charge in [0.05, 0.1) is 15.9 Å². The number of para-hydroxylation sites is 2. The lowest BCUT2D eigenvalue weighted by Gasteiger charge is -2.19. The molecule has 0 aliphatic carbocycles. The predicted molar refractivity (Wildman–Crippen MR) is 103 cm³/mol. The molecule has 0 fully saturated rings. The molecule has 0 aliphatic heterocycles. The molecule has 3 aromatic carbocycles. The van der Waals surface area contributed by atoms with Crippen molar-refractivity contribution in [3.63, 3.8) is 0 Å². The van der Waals surface area contributed by atoms with Gasteiger partial charge in [0.2, 0.25) is 0 Å². The van der Waals surface area contributed by atoms with Crippen LogP contribution in [0.3, 0.4) is 0 Å². The van der Waals surface area contributed by atoms with E-state index in [1.165, 1.54) is 17.4 Å². The lowest BCUT2D eigenvalue weighted by molar-refractivity contribution is 0.589. The first-order valence-electron chi connectivity index (χ1n) is 7.71. The molecule has 0 spiro atoms. The number of aromatic nitrogens is 1. The Hall–Kier alpha value is -2.49. The number of fused-ring (bicyclic) bond motifs is 1. The Balaban J connectivity index is 1.90. The van der Waals surface area contributed by atoms with E-state index in [9.17, 15) is 8.96 Å². The normalized spacial score (nSPS) is 13.5. The third kappa shape index (κ3) is 2.97. The molecule has 1 aromatic heterocycles. The number of hydrogen-bond donors (Lipinski definition) is 1. The Morgan fingerprint density at radius 2 is 1.56 bits per heavy atom. The molecule has 0 bridgehead atoms. The number of halogens is 1. The Morgan fingerprint density at radius 3 is 2.32 bits per heavy atom. The monoisotopic (exact) mass is 368 g/mol. The first kappa shape index (κ1) is 16.0. The van der Waals surface area contributed by atoms with Gasteiger partial charge >= 0.3 is 0 Å². The third-order valence-electron chi connectivity index (χ3n) is 3.82. The van der Waals surface area contributed by atoms with Gasteiger partial charge in [0.25, 0.3) is 7.29 Å². The molecular formula is C19H14FN2OPS. The van der Waals surface area contributed by atoms with E-state index in [-0.39, 0.29) is 5.69 Å². The fourth-order valence-corrected chi connectivity index (χ4v) is 6.35. The van der Waals surface area contributed by atoms with Crippen molar-refractivity contribution < 1.29 is 8.96 Å². The predicted octanol–water partition coefficient (Wildman–Crippen LogP) is 4.78. The van der Waals surface area contributed by atoms with Gasteiger partial charge in [-0.3, -0.25) is 4.57 Å². The van der Waals surface area contributed by atoms with Crippen molar-refractivity contribution in [3.8, 4) is 0 Å². The average Bonchev–Trinajstić information content (AvgIpc) is 3.09. The topological polar surface area (TPSA) is 42.0 Å². The molecule has 1 N–H and O–H groups in total. The van der Waals surface area contributed by atoms with Gasteiger partial charge in [-0.05, 0) is 36.4 Å². The maximum Gasteiger partial charge on any atom is 0.254 e. The van der Waals surface area contributed by atoms with Gasteiger partial charge in [-0.1, -0.05) is 42.5 Å². The van der Waals surface area contributed by atoms with E-state index in [1.54, 1.807) is 30.3 Å². The van der Waals surface area contributed by atoms with Crippen LogP contribution in [0.4, 0.5) is 10.1 Å². The summed E-state index contributed by atoms with van der Waals surface area (Å²) >= 11 is 1.36. The van der Waals surface area contributed by atoms with Crippen molar-refractivity contribution in [1.29, 1.82) is 0 Å². The van der Waals surface area contributed by atoms with Crippen LogP contribution in [0.1, 0.15) is 0 Å². The highest BCUT2D eigenvalue weighted by atomic mass is 32.1. The molecule has 124 valence electrons. The van der Waals surface area contributed by atoms with E-state index in [4.69, 9.17) is 0 Å². The first-order valence-corrected chi connectivity index (χ1v) is 10.2. The fraction of sp³-hybridized carbons (Fsp3) is 0. The van der Waals surface area contributed by atoms with Gasteiger partial charge in [-0.25, -0.2) is 9.37 Å². The van der Waals surface area contributed by atoms with Crippen LogP contribution in [0.15, 0.2) is 78.9 Å². The molecule has 0 radical (unpaired) electrons. The minimum atomic E-state index is -3.33. The van der Waals surface area contributed by atoms with Crippen LogP contribution in [0.2, 0.25) is 0 Å². The van der Waals surface area contributed by atoms with Gasteiger partial charge in [0, 0.05) is 5.30 Å². The number of rotatable bonds is 4. The fourth-order valence-electron chi connectivity index (χ4n) is 2.58. The number of nitrogens with zero attached hydrogens (tertiary/aromatic N) is 1. The quantitative estimate of drug-likeness (QED) is 0.527. The zero-order valence-corrected chi connectivity index (χ0v) is 14.8. The summed E-state index contributed by atoms with van der Waals surface area (Å²) in [4.78, 5) is 4.56. The van der Waals surface area contributed by atoms with E-state index in [0.29, 0.717) is 10.1 Å². The summed E-state index contributed by atoms with van der Waals surface area (Å²) in [5.41, 5.74) is 0.989. The van der Waals surface area contributed by atoms with Crippen molar-refractivity contribution in [2.75, 3.05) is 5.09 Å². The molecule has 1 heterocycles. The van der Waals surface area contributed by atoms with Crippen LogP contribution in [-0.2, 0) is 4.57 Å². The summed E-state index contributed by atoms with van der Waals surface area (Å²) in [7, 11) is -3.33. The van der Waals surface area contributed by atoms with E-state index < -0.39 is 13.1 Å². The summed E-state index contributed by atoms with van der Waals surface area (Å²) in [6.07, 6.45) is 0. The Morgan fingerprint density at radius 1 is 0.880 bits per heavy atom. The second kappa shape index (κ2) is 6.43. The van der Waals surface area contributed by atoms with Crippen molar-refractivity contribution in [2.45, 2.75) is 0 Å². The van der Waals surface area contributed by atoms with Crippen LogP contribution >= 0.6 is 18.6 Å². The highest BCUT2D eigenvalue weighted by molar-refractivity contribution is 7.84. The summed E-state index contributed by atoms with van der Waals surface area (Å²) in [6.45, 7) is 0. The van der Waals surface area contributed by atoms with Gasteiger partial charge in [0.1, 0.15) is 5.82 Å². The standard InChI is InChI=1S/C19H14FN2OPS/c20-15-10-4-5-11-16(15)22-24(23,14-8-2-1-3-9-14)19-21-17-12-6-7-13-18(17)25-19/h1-13H,(H,22,23). The molecule has 0 saturated carbocycles. The SMILES string of the molecule is O=P(Nc1ccccc1F)(c1ccccc1)c1nc2ccccc2s1. The molecule has 4 aromatic rings. The second-order valence-electron chi connectivity index (χ2n) is 5.50. The van der Waals surface area contributed by atoms with Crippen LogP contribution in [0.25, 0.3) is 10.2 Å². The summed E-state index contributed by atoms with van der Waals surface area (Å²) in [5, 5.41) is 3.54. The lowest BCUT2D eigenvalue weighted by atomic mass is 10.3. The molecule has 0 saturated heterocycles. The van der Waals surface area contributed by atoms with Crippen molar-refractivity contribution in [2.24, 2.45) is 0 Å². The molecule has 0 aliphatic rings. The Labute approximate surface area is 148 Å². The van der Waals surface area contributed by atoms with E-state index in [1.807, 2.05) is 42.5 Å². The van der Waals surface area contributed by atoms with Gasteiger partial charge < -0.3 is 5.09 Å². The first-order chi connectivity index (χ1) is 12.2. The molecule has 4 rings (SSSR count). The van der Waals surface area contributed by atoms with E-state index in [2.05, 4.69) is 10.1 Å². The molecule has 1 unspecified atom stereocenters. The Kier molecular flexibility index (Phi) is 4.12. The zero-order valence-electron chi connectivity index (χ0n) is 13.1. The summed E-state index contributed by atoms with van der Waals surface area (Å²) in [6, 6.07) is 22.9. The number of thiazole rings is 1. The number of benzene rings is 3. The molecule has 6 heteroatoms. The minimum absolute atomic E-state index is 0.203. The smallest absolute Gasteiger partial charge is 0.254 e. The van der Waals surface area contributed by atoms with Crippen LogP contribution in [0.5, 0.6) is 0 Å². The molecule has 3 nitrogen and oxygen atoms in total. The van der Waals surface area contributed by atoms with Gasteiger partial charge in [-0.2, -0.15) is 0 Å². The summed E-state index contributed by atoms with van der Waals surface area (Å²) < 4.78 is 29.5. The van der Waals surface area contributed by atoms with E-state index >= 15 is 0 Å². The molecular weight excluding hydrogens is 354 g/mol. The lowest BCUT2D eigenvalue weighted by Crippen LogP contribution is -2.21. The molecule has 1 atom stereocenters. The summed E-state index contributed by atoms with van der Waals surface area (Å²) in [5.74, 6) is -0.445. The number of anilines is 1. The highest BCUT2D eigenvalue weighted by Crippen LogP contribution is 2.45. The second-order valence-corrected chi connectivity index (χ2v) is 9.22. The highest BCUT2D eigenvalue weighted by Gasteiger charge is 2.32. The van der Waals surface area contributed by atoms with Crippen molar-refractivity contribution in [3.05, 3.63) is 84.7 Å². The van der Waals surface area contributed by atoms with Crippen LogP contribution in [0, 0.1) is 5.82 Å². The van der Waals surface area contributed by atoms with Crippen LogP contribution < -0.4 is 15.1 Å². The van der Waals surface area contributed by atoms with Crippen molar-refractivity contribution >= 4 is 44.6 Å². The average molecular weight is 368 g/mol. The Bertz CT molecular complexity index is 1050. The number of nitrogens with one attached hydrogen (secondary N) is 1. The van der Waals surface area contributed by atoms with Gasteiger partial charge in [-0.15, -0.1) is 11.3 Å². The van der Waals surface area contributed by atoms with Gasteiger partial charge in [0.15, 0.2) is 4.75 Å². The maximum atomic E-state index is 14.2. The van der Waals surface area contributed by atoms with Crippen molar-refractivity contribution in [1.82, 2.24) is 4.98 Å². The van der Waals surface area contributed by atoms with E-state index in [0.717, 1.165) is 10.2 Å². The van der Waals surface area contributed by atoms with Crippen LogP contribution in [-0.4, -0.2) is 4.98 Å². The maximum absolute atomic E-state index is 14.2. The largest absolute Gasteiger partial charge is 0.325 e. The number of hydrogen-bond acceptors (Lipinski definition) is 3. The molecule has 25 heavy (non-hydrogen) atoms. The minimum Gasteiger partial charge on any atom is -0.325 e. The zero-order chi connectivity index (χ0) is 17.3. The molecule has 0 amide bonds. The third-order valence-corrected chi connectivity index (χ3v) is 7.93.